The van der Waals surface area contributed by atoms with E-state index in [0.29, 0.717) is 18.2 Å². The Morgan fingerprint density at radius 2 is 1.84 bits per heavy atom. The highest BCUT2D eigenvalue weighted by molar-refractivity contribution is 7.19. The molecule has 0 radical (unpaired) electrons. The first-order valence-electron chi connectivity index (χ1n) is 5.38. The summed E-state index contributed by atoms with van der Waals surface area (Å²) in [7, 11) is 4.05. The number of rotatable bonds is 6. The molecule has 19 heavy (non-hydrogen) atoms. The van der Waals surface area contributed by atoms with Gasteiger partial charge in [0.1, 0.15) is 15.4 Å². The zero-order valence-corrected chi connectivity index (χ0v) is 11.8. The van der Waals surface area contributed by atoms with Gasteiger partial charge in [0.2, 0.25) is 0 Å². The van der Waals surface area contributed by atoms with Crippen LogP contribution in [0, 0.1) is 0 Å². The van der Waals surface area contributed by atoms with Gasteiger partial charge in [0, 0.05) is 13.7 Å². The van der Waals surface area contributed by atoms with Crippen molar-refractivity contribution in [3.05, 3.63) is 10.4 Å². The summed E-state index contributed by atoms with van der Waals surface area (Å²) in [5, 5.41) is 3.43. The molecule has 7 nitrogen and oxygen atoms in total. The monoisotopic (exact) mass is 288 g/mol. The molecule has 0 atom stereocenters. The molecule has 1 rings (SSSR count). The van der Waals surface area contributed by atoms with E-state index >= 15 is 0 Å². The maximum atomic E-state index is 11.7. The van der Waals surface area contributed by atoms with Crippen molar-refractivity contribution in [1.82, 2.24) is 0 Å². The van der Waals surface area contributed by atoms with Gasteiger partial charge >= 0.3 is 11.9 Å². The van der Waals surface area contributed by atoms with E-state index in [0.717, 1.165) is 11.3 Å². The molecule has 1 aromatic heterocycles. The second kappa shape index (κ2) is 6.95. The molecule has 0 unspecified atom stereocenters. The van der Waals surface area contributed by atoms with Crippen LogP contribution in [0.25, 0.3) is 0 Å². The predicted molar refractivity (Wildman–Crippen MR) is 71.8 cm³/mol. The lowest BCUT2D eigenvalue weighted by molar-refractivity contribution is 0.0602. The normalized spacial score (nSPS) is 10.1. The molecular formula is C11H16N2O5S. The lowest BCUT2D eigenvalue weighted by atomic mass is 10.2. The maximum absolute atomic E-state index is 11.7. The number of ether oxygens (including phenoxy) is 3. The van der Waals surface area contributed by atoms with Crippen molar-refractivity contribution in [3.8, 4) is 0 Å². The van der Waals surface area contributed by atoms with Crippen LogP contribution in [0.1, 0.15) is 20.0 Å². The van der Waals surface area contributed by atoms with E-state index in [1.807, 2.05) is 0 Å². The lowest BCUT2D eigenvalue weighted by Crippen LogP contribution is -2.11. The minimum atomic E-state index is -0.608. The first-order chi connectivity index (χ1) is 9.06. The molecule has 0 amide bonds. The first kappa shape index (κ1) is 15.3. The molecule has 8 heteroatoms. The zero-order chi connectivity index (χ0) is 14.4. The molecule has 0 aliphatic heterocycles. The molecule has 0 aromatic carbocycles. The van der Waals surface area contributed by atoms with Crippen molar-refractivity contribution in [2.24, 2.45) is 0 Å². The Bertz CT molecular complexity index is 472. The van der Waals surface area contributed by atoms with Crippen LogP contribution in [0.5, 0.6) is 0 Å². The number of hydrogen-bond donors (Lipinski definition) is 2. The minimum absolute atomic E-state index is 0.0589. The maximum Gasteiger partial charge on any atom is 0.350 e. The Morgan fingerprint density at radius 1 is 1.21 bits per heavy atom. The van der Waals surface area contributed by atoms with Crippen LogP contribution in [0.15, 0.2) is 0 Å². The summed E-state index contributed by atoms with van der Waals surface area (Å²) in [4.78, 5) is 23.4. The number of esters is 2. The quantitative estimate of drug-likeness (QED) is 0.594. The molecule has 0 aliphatic rings. The van der Waals surface area contributed by atoms with Crippen molar-refractivity contribution >= 4 is 34.0 Å². The van der Waals surface area contributed by atoms with Gasteiger partial charge in [0.05, 0.1) is 26.5 Å². The van der Waals surface area contributed by atoms with Gasteiger partial charge in [-0.25, -0.2) is 9.59 Å². The van der Waals surface area contributed by atoms with Crippen LogP contribution in [0.3, 0.4) is 0 Å². The molecule has 0 spiro atoms. The summed E-state index contributed by atoms with van der Waals surface area (Å²) in [5.41, 5.74) is 6.00. The van der Waals surface area contributed by atoms with Gasteiger partial charge < -0.3 is 25.3 Å². The van der Waals surface area contributed by atoms with E-state index in [2.05, 4.69) is 14.8 Å². The summed E-state index contributed by atoms with van der Waals surface area (Å²) < 4.78 is 14.2. The molecule has 0 fully saturated rings. The topological polar surface area (TPSA) is 99.9 Å². The number of hydrogen-bond acceptors (Lipinski definition) is 8. The van der Waals surface area contributed by atoms with Gasteiger partial charge in [-0.1, -0.05) is 0 Å². The molecule has 0 saturated carbocycles. The Balaban J connectivity index is 3.12. The van der Waals surface area contributed by atoms with E-state index in [9.17, 15) is 9.59 Å². The van der Waals surface area contributed by atoms with E-state index in [1.54, 1.807) is 7.11 Å². The van der Waals surface area contributed by atoms with Crippen LogP contribution in [-0.4, -0.2) is 46.4 Å². The highest BCUT2D eigenvalue weighted by Crippen LogP contribution is 2.36. The fourth-order valence-electron chi connectivity index (χ4n) is 1.38. The lowest BCUT2D eigenvalue weighted by Gasteiger charge is -2.05. The number of carbonyl (C=O) groups is 2. The molecule has 0 bridgehead atoms. The van der Waals surface area contributed by atoms with Gasteiger partial charge in [-0.3, -0.25) is 0 Å². The van der Waals surface area contributed by atoms with Crippen LogP contribution in [0.2, 0.25) is 0 Å². The standard InChI is InChI=1S/C11H16N2O5S/c1-16-5-4-13-9-6(10(14)17-2)7(12)8(19-9)11(15)18-3/h13H,4-5,12H2,1-3H3. The van der Waals surface area contributed by atoms with E-state index in [4.69, 9.17) is 10.5 Å². The second-order valence-corrected chi connectivity index (χ2v) is 4.47. The van der Waals surface area contributed by atoms with Gasteiger partial charge in [0.25, 0.3) is 0 Å². The van der Waals surface area contributed by atoms with Crippen molar-refractivity contribution in [2.75, 3.05) is 45.5 Å². The number of carbonyl (C=O) groups excluding carboxylic acids is 2. The van der Waals surface area contributed by atoms with E-state index in [-0.39, 0.29) is 16.1 Å². The molecular weight excluding hydrogens is 272 g/mol. The Hall–Kier alpha value is -1.80. The van der Waals surface area contributed by atoms with Crippen molar-refractivity contribution in [1.29, 1.82) is 0 Å². The number of nitrogen functional groups attached to an aromatic ring is 1. The van der Waals surface area contributed by atoms with Crippen molar-refractivity contribution < 1.29 is 23.8 Å². The molecule has 0 aliphatic carbocycles. The van der Waals surface area contributed by atoms with E-state index < -0.39 is 11.9 Å². The molecule has 0 saturated heterocycles. The summed E-state index contributed by atoms with van der Waals surface area (Å²) in [6, 6.07) is 0. The highest BCUT2D eigenvalue weighted by Gasteiger charge is 2.26. The molecule has 1 heterocycles. The predicted octanol–water partition coefficient (Wildman–Crippen LogP) is 0.962. The first-order valence-corrected chi connectivity index (χ1v) is 6.20. The SMILES string of the molecule is COCCNc1sc(C(=O)OC)c(N)c1C(=O)OC. The third-order valence-electron chi connectivity index (χ3n) is 2.30. The van der Waals surface area contributed by atoms with Gasteiger partial charge in [0.15, 0.2) is 0 Å². The number of anilines is 2. The largest absolute Gasteiger partial charge is 0.465 e. The third-order valence-corrected chi connectivity index (χ3v) is 3.44. The molecule has 1 aromatic rings. The summed E-state index contributed by atoms with van der Waals surface area (Å²) in [6.45, 7) is 0.924. The minimum Gasteiger partial charge on any atom is -0.465 e. The average Bonchev–Trinajstić information content (AvgIpc) is 2.74. The zero-order valence-electron chi connectivity index (χ0n) is 10.9. The molecule has 106 valence electrons. The van der Waals surface area contributed by atoms with Crippen molar-refractivity contribution in [2.45, 2.75) is 0 Å². The fraction of sp³-hybridized carbons (Fsp3) is 0.455. The number of methoxy groups -OCH3 is 3. The number of nitrogens with two attached hydrogens (primary N) is 1. The summed E-state index contributed by atoms with van der Waals surface area (Å²) in [5.74, 6) is -1.20. The van der Waals surface area contributed by atoms with Gasteiger partial charge in [-0.2, -0.15) is 0 Å². The van der Waals surface area contributed by atoms with Crippen LogP contribution in [-0.2, 0) is 14.2 Å². The third kappa shape index (κ3) is 3.36. The Kier molecular flexibility index (Phi) is 5.58. The van der Waals surface area contributed by atoms with Crippen LogP contribution >= 0.6 is 11.3 Å². The molecule has 3 N–H and O–H groups in total. The Labute approximate surface area is 114 Å². The van der Waals surface area contributed by atoms with Gasteiger partial charge in [-0.15, -0.1) is 11.3 Å². The smallest absolute Gasteiger partial charge is 0.350 e. The van der Waals surface area contributed by atoms with E-state index in [1.165, 1.54) is 14.2 Å². The second-order valence-electron chi connectivity index (χ2n) is 3.45. The van der Waals surface area contributed by atoms with Crippen LogP contribution < -0.4 is 11.1 Å². The highest BCUT2D eigenvalue weighted by atomic mass is 32.1. The number of nitrogens with one attached hydrogen (secondary N) is 1. The van der Waals surface area contributed by atoms with Crippen LogP contribution in [0.4, 0.5) is 10.7 Å². The van der Waals surface area contributed by atoms with Gasteiger partial charge in [-0.05, 0) is 0 Å². The Morgan fingerprint density at radius 3 is 2.37 bits per heavy atom. The number of thiophene rings is 1. The summed E-state index contributed by atoms with van der Waals surface area (Å²) in [6.07, 6.45) is 0. The average molecular weight is 288 g/mol. The fourth-order valence-corrected chi connectivity index (χ4v) is 2.44. The summed E-state index contributed by atoms with van der Waals surface area (Å²) >= 11 is 1.05. The van der Waals surface area contributed by atoms with Crippen molar-refractivity contribution in [3.63, 3.8) is 0 Å².